The molecule has 0 radical (unpaired) electrons. The van der Waals surface area contributed by atoms with Crippen LogP contribution in [0.2, 0.25) is 0 Å². The van der Waals surface area contributed by atoms with Crippen LogP contribution in [-0.2, 0) is 4.79 Å². The molecule has 0 aliphatic carbocycles. The molecule has 0 aliphatic rings. The molecule has 2 aromatic carbocycles. The molecular formula is C25H25N3O2S2. The number of hydrogen-bond acceptors (Lipinski definition) is 5. The molecule has 3 rings (SSSR count). The Morgan fingerprint density at radius 3 is 2.22 bits per heavy atom. The Morgan fingerprint density at radius 2 is 1.66 bits per heavy atom. The standard InChI is InChI=1S/C25H25N3O2S2/c1-4-28(5-2)25(30)21-17(3)20(16-26)24(32-21)27-23(29)22(18-12-8-6-9-13-18)31-19-14-10-7-11-15-19/h6-15,22H,4-5H2,1-3H3,(H,27,29)/t22-/m0/s1. The van der Waals surface area contributed by atoms with Gasteiger partial charge in [-0.1, -0.05) is 48.5 Å². The predicted molar refractivity (Wildman–Crippen MR) is 131 cm³/mol. The molecule has 1 aromatic heterocycles. The molecule has 0 fully saturated rings. The van der Waals surface area contributed by atoms with Gasteiger partial charge in [-0.3, -0.25) is 9.59 Å². The number of amides is 2. The van der Waals surface area contributed by atoms with Crippen molar-refractivity contribution in [2.45, 2.75) is 30.9 Å². The van der Waals surface area contributed by atoms with E-state index in [2.05, 4.69) is 11.4 Å². The average molecular weight is 464 g/mol. The Labute approximate surface area is 197 Å². The van der Waals surface area contributed by atoms with Crippen molar-refractivity contribution in [1.29, 1.82) is 5.26 Å². The van der Waals surface area contributed by atoms with Crippen LogP contribution in [0.5, 0.6) is 0 Å². The van der Waals surface area contributed by atoms with Crippen LogP contribution in [0.25, 0.3) is 0 Å². The molecule has 3 aromatic rings. The predicted octanol–water partition coefficient (Wildman–Crippen LogP) is 5.88. The van der Waals surface area contributed by atoms with Crippen LogP contribution in [-0.4, -0.2) is 29.8 Å². The van der Waals surface area contributed by atoms with Gasteiger partial charge in [-0.05, 0) is 44.0 Å². The molecule has 7 heteroatoms. The molecule has 0 saturated carbocycles. The highest BCUT2D eigenvalue weighted by Gasteiger charge is 2.27. The number of nitrogens with zero attached hydrogens (tertiary/aromatic N) is 2. The van der Waals surface area contributed by atoms with Gasteiger partial charge in [0.05, 0.1) is 10.4 Å². The summed E-state index contributed by atoms with van der Waals surface area (Å²) in [4.78, 5) is 29.5. The molecule has 164 valence electrons. The topological polar surface area (TPSA) is 73.2 Å². The summed E-state index contributed by atoms with van der Waals surface area (Å²) in [6.07, 6.45) is 0. The van der Waals surface area contributed by atoms with Gasteiger partial charge in [0, 0.05) is 18.0 Å². The van der Waals surface area contributed by atoms with Crippen LogP contribution < -0.4 is 5.32 Å². The second-order valence-corrected chi connectivity index (χ2v) is 9.26. The van der Waals surface area contributed by atoms with Crippen molar-refractivity contribution in [3.05, 3.63) is 82.2 Å². The third kappa shape index (κ3) is 5.21. The molecule has 1 N–H and O–H groups in total. The van der Waals surface area contributed by atoms with E-state index in [9.17, 15) is 14.9 Å². The third-order valence-corrected chi connectivity index (χ3v) is 7.54. The SMILES string of the molecule is CCN(CC)C(=O)c1sc(NC(=O)[C@@H](Sc2ccccc2)c2ccccc2)c(C#N)c1C. The van der Waals surface area contributed by atoms with E-state index in [1.807, 2.05) is 74.5 Å². The fourth-order valence-corrected chi connectivity index (χ4v) is 5.48. The number of rotatable bonds is 8. The Morgan fingerprint density at radius 1 is 1.06 bits per heavy atom. The molecule has 2 amide bonds. The molecule has 0 spiro atoms. The highest BCUT2D eigenvalue weighted by molar-refractivity contribution is 8.00. The number of thioether (sulfide) groups is 1. The minimum Gasteiger partial charge on any atom is -0.338 e. The van der Waals surface area contributed by atoms with Crippen molar-refractivity contribution in [3.8, 4) is 6.07 Å². The van der Waals surface area contributed by atoms with Gasteiger partial charge in [-0.15, -0.1) is 23.1 Å². The van der Waals surface area contributed by atoms with Crippen molar-refractivity contribution in [2.75, 3.05) is 18.4 Å². The van der Waals surface area contributed by atoms with Gasteiger partial charge in [0.25, 0.3) is 5.91 Å². The van der Waals surface area contributed by atoms with E-state index in [0.29, 0.717) is 34.1 Å². The summed E-state index contributed by atoms with van der Waals surface area (Å²) in [7, 11) is 0. The molecule has 32 heavy (non-hydrogen) atoms. The van der Waals surface area contributed by atoms with Crippen LogP contribution in [0.4, 0.5) is 5.00 Å². The smallest absolute Gasteiger partial charge is 0.264 e. The maximum atomic E-state index is 13.4. The summed E-state index contributed by atoms with van der Waals surface area (Å²) < 4.78 is 0. The lowest BCUT2D eigenvalue weighted by molar-refractivity contribution is -0.115. The van der Waals surface area contributed by atoms with Crippen molar-refractivity contribution in [1.82, 2.24) is 4.90 Å². The Balaban J connectivity index is 1.93. The lowest BCUT2D eigenvalue weighted by atomic mass is 10.1. The van der Waals surface area contributed by atoms with Crippen LogP contribution in [0, 0.1) is 18.3 Å². The number of carbonyl (C=O) groups is 2. The molecule has 1 atom stereocenters. The fraction of sp³-hybridized carbons (Fsp3) is 0.240. The molecular weight excluding hydrogens is 438 g/mol. The fourth-order valence-electron chi connectivity index (χ4n) is 3.31. The van der Waals surface area contributed by atoms with Gasteiger partial charge >= 0.3 is 0 Å². The minimum atomic E-state index is -0.505. The second kappa shape index (κ2) is 11.0. The molecule has 0 saturated heterocycles. The van der Waals surface area contributed by atoms with Crippen LogP contribution >= 0.6 is 23.1 Å². The third-order valence-electron chi connectivity index (χ3n) is 5.08. The van der Waals surface area contributed by atoms with Crippen molar-refractivity contribution < 1.29 is 9.59 Å². The first kappa shape index (κ1) is 23.6. The van der Waals surface area contributed by atoms with Gasteiger partial charge in [-0.25, -0.2) is 0 Å². The summed E-state index contributed by atoms with van der Waals surface area (Å²) in [5, 5.41) is 12.6. The number of benzene rings is 2. The van der Waals surface area contributed by atoms with E-state index in [-0.39, 0.29) is 11.8 Å². The van der Waals surface area contributed by atoms with Crippen molar-refractivity contribution in [2.24, 2.45) is 0 Å². The maximum Gasteiger partial charge on any atom is 0.264 e. The van der Waals surface area contributed by atoms with E-state index >= 15 is 0 Å². The van der Waals surface area contributed by atoms with Crippen molar-refractivity contribution >= 4 is 39.9 Å². The summed E-state index contributed by atoms with van der Waals surface area (Å²) in [5.74, 6) is -0.350. The monoisotopic (exact) mass is 463 g/mol. The lowest BCUT2D eigenvalue weighted by Gasteiger charge is -2.18. The Kier molecular flexibility index (Phi) is 8.09. The number of nitriles is 1. The van der Waals surface area contributed by atoms with Crippen molar-refractivity contribution in [3.63, 3.8) is 0 Å². The highest BCUT2D eigenvalue weighted by Crippen LogP contribution is 2.38. The molecule has 1 heterocycles. The van der Waals surface area contributed by atoms with Crippen LogP contribution in [0.1, 0.15) is 45.5 Å². The van der Waals surface area contributed by atoms with Gasteiger partial charge in [0.2, 0.25) is 5.91 Å². The summed E-state index contributed by atoms with van der Waals surface area (Å²) >= 11 is 2.62. The summed E-state index contributed by atoms with van der Waals surface area (Å²) in [6.45, 7) is 6.77. The number of hydrogen-bond donors (Lipinski definition) is 1. The minimum absolute atomic E-state index is 0.118. The number of anilines is 1. The van der Waals surface area contributed by atoms with E-state index < -0.39 is 5.25 Å². The summed E-state index contributed by atoms with van der Waals surface area (Å²) in [5.41, 5.74) is 1.82. The zero-order valence-electron chi connectivity index (χ0n) is 18.3. The Bertz CT molecular complexity index is 1120. The summed E-state index contributed by atoms with van der Waals surface area (Å²) in [6, 6.07) is 21.4. The first-order valence-corrected chi connectivity index (χ1v) is 12.1. The average Bonchev–Trinajstić information content (AvgIpc) is 3.14. The van der Waals surface area contributed by atoms with Crippen LogP contribution in [0.15, 0.2) is 65.6 Å². The molecule has 5 nitrogen and oxygen atoms in total. The quantitative estimate of drug-likeness (QED) is 0.423. The van der Waals surface area contributed by atoms with Crippen LogP contribution in [0.3, 0.4) is 0 Å². The number of carbonyl (C=O) groups excluding carboxylic acids is 2. The van der Waals surface area contributed by atoms with Gasteiger partial charge in [0.15, 0.2) is 0 Å². The first-order chi connectivity index (χ1) is 15.5. The zero-order valence-corrected chi connectivity index (χ0v) is 19.9. The zero-order chi connectivity index (χ0) is 23.1. The highest BCUT2D eigenvalue weighted by atomic mass is 32.2. The normalized spacial score (nSPS) is 11.4. The lowest BCUT2D eigenvalue weighted by Crippen LogP contribution is -2.30. The van der Waals surface area contributed by atoms with E-state index in [1.54, 1.807) is 11.8 Å². The van der Waals surface area contributed by atoms with Gasteiger partial charge in [0.1, 0.15) is 16.3 Å². The largest absolute Gasteiger partial charge is 0.338 e. The van der Waals surface area contributed by atoms with E-state index in [0.717, 1.165) is 10.5 Å². The Hall–Kier alpha value is -3.08. The van der Waals surface area contributed by atoms with E-state index in [4.69, 9.17) is 0 Å². The van der Waals surface area contributed by atoms with Gasteiger partial charge < -0.3 is 10.2 Å². The van der Waals surface area contributed by atoms with Gasteiger partial charge in [-0.2, -0.15) is 5.26 Å². The number of thiophene rings is 1. The maximum absolute atomic E-state index is 13.4. The molecule has 0 bridgehead atoms. The van der Waals surface area contributed by atoms with E-state index in [1.165, 1.54) is 23.1 Å². The number of nitrogens with one attached hydrogen (secondary N) is 1. The molecule has 0 unspecified atom stereocenters. The molecule has 0 aliphatic heterocycles. The second-order valence-electron chi connectivity index (χ2n) is 7.06. The first-order valence-electron chi connectivity index (χ1n) is 10.4.